The maximum Gasteiger partial charge on any atom is 0.313 e. The average Bonchev–Trinajstić information content (AvgIpc) is 2.99. The molecule has 0 aliphatic rings. The summed E-state index contributed by atoms with van der Waals surface area (Å²) in [6.45, 7) is 3.60. The number of aliphatic hydroxyl groups is 1. The number of carbonyl (C=O) groups is 4. The summed E-state index contributed by atoms with van der Waals surface area (Å²) in [5.41, 5.74) is 1.05. The number of aromatic hydroxyl groups is 2. The average molecular weight is 629 g/mol. The Hall–Kier alpha value is -5.68. The molecule has 238 valence electrons. The largest absolute Gasteiger partial charge is 0.508 e. The quantitative estimate of drug-likeness (QED) is 0.142. The van der Waals surface area contributed by atoms with E-state index in [1.165, 1.54) is 55.5 Å². The number of esters is 4. The highest BCUT2D eigenvalue weighted by atomic mass is 16.6. The fourth-order valence-corrected chi connectivity index (χ4v) is 4.57. The van der Waals surface area contributed by atoms with E-state index in [4.69, 9.17) is 18.9 Å². The second-order valence-electron chi connectivity index (χ2n) is 10.3. The van der Waals surface area contributed by atoms with E-state index in [0.29, 0.717) is 6.42 Å². The number of hydrogen-bond acceptors (Lipinski definition) is 11. The molecule has 4 aromatic rings. The van der Waals surface area contributed by atoms with E-state index in [-0.39, 0.29) is 63.2 Å². The monoisotopic (exact) mass is 628 g/mol. The molecule has 0 fully saturated rings. The van der Waals surface area contributed by atoms with Gasteiger partial charge in [0.15, 0.2) is 23.0 Å². The molecule has 0 saturated carbocycles. The Bertz CT molecular complexity index is 1730. The Kier molecular flexibility index (Phi) is 10.7. The van der Waals surface area contributed by atoms with Crippen molar-refractivity contribution in [2.24, 2.45) is 0 Å². The van der Waals surface area contributed by atoms with Gasteiger partial charge in [-0.1, -0.05) is 54.6 Å². The molecule has 0 heterocycles. The van der Waals surface area contributed by atoms with Gasteiger partial charge in [-0.05, 0) is 54.3 Å². The molecule has 46 heavy (non-hydrogen) atoms. The lowest BCUT2D eigenvalue weighted by atomic mass is 9.94. The Labute approximate surface area is 264 Å². The SMILES string of the molecule is CC(=O)Oc1c(OC(C)=O)c(-c2ccc(O)cc2)c(OC(=O)CC(C)O)c(OC(=O)CCc2ccccc2)c1-c1ccc(O)cc1. The molecule has 1 unspecified atom stereocenters. The van der Waals surface area contributed by atoms with Crippen LogP contribution in [0, 0.1) is 0 Å². The number of phenolic OH excluding ortho intramolecular Hbond substituents is 2. The van der Waals surface area contributed by atoms with E-state index in [2.05, 4.69) is 0 Å². The van der Waals surface area contributed by atoms with Crippen LogP contribution in [0.25, 0.3) is 22.3 Å². The Balaban J connectivity index is 2.09. The van der Waals surface area contributed by atoms with Crippen molar-refractivity contribution < 1.29 is 53.4 Å². The van der Waals surface area contributed by atoms with Crippen molar-refractivity contribution in [1.82, 2.24) is 0 Å². The maximum absolute atomic E-state index is 13.5. The third-order valence-corrected chi connectivity index (χ3v) is 6.48. The van der Waals surface area contributed by atoms with Crippen LogP contribution in [0.4, 0.5) is 0 Å². The topological polar surface area (TPSA) is 166 Å². The number of aryl methyl sites for hydroxylation is 1. The molecule has 3 N–H and O–H groups in total. The van der Waals surface area contributed by atoms with Crippen LogP contribution in [0.3, 0.4) is 0 Å². The molecule has 0 bridgehead atoms. The zero-order valence-corrected chi connectivity index (χ0v) is 25.3. The Morgan fingerprint density at radius 3 is 1.43 bits per heavy atom. The first-order valence-electron chi connectivity index (χ1n) is 14.3. The molecular weight excluding hydrogens is 596 g/mol. The van der Waals surface area contributed by atoms with Gasteiger partial charge in [-0.2, -0.15) is 0 Å². The second-order valence-corrected chi connectivity index (χ2v) is 10.3. The number of carbonyl (C=O) groups excluding carboxylic acids is 4. The summed E-state index contributed by atoms with van der Waals surface area (Å²) >= 11 is 0. The van der Waals surface area contributed by atoms with Gasteiger partial charge in [0.25, 0.3) is 0 Å². The first-order chi connectivity index (χ1) is 21.9. The van der Waals surface area contributed by atoms with Gasteiger partial charge in [-0.25, -0.2) is 0 Å². The smallest absolute Gasteiger partial charge is 0.313 e. The summed E-state index contributed by atoms with van der Waals surface area (Å²) in [6.07, 6.45) is -1.37. The maximum atomic E-state index is 13.5. The summed E-state index contributed by atoms with van der Waals surface area (Å²) in [4.78, 5) is 51.6. The van der Waals surface area contributed by atoms with Gasteiger partial charge in [-0.15, -0.1) is 0 Å². The standard InChI is InChI=1S/C35H32O11/c1-20(36)19-29(42)46-35-31(25-12-16-27(40)17-13-25)33(44-22(3)38)32(43-21(2)37)30(24-10-14-26(39)15-11-24)34(35)45-28(41)18-9-23-7-5-4-6-8-23/h4-8,10-17,20,36,39-40H,9,18-19H2,1-3H3. The van der Waals surface area contributed by atoms with E-state index < -0.39 is 36.4 Å². The van der Waals surface area contributed by atoms with Crippen molar-refractivity contribution in [3.63, 3.8) is 0 Å². The summed E-state index contributed by atoms with van der Waals surface area (Å²) in [6, 6.07) is 20.2. The first kappa shape index (κ1) is 33.2. The minimum atomic E-state index is -1.11. The van der Waals surface area contributed by atoms with Gasteiger partial charge in [-0.3, -0.25) is 19.2 Å². The lowest BCUT2D eigenvalue weighted by Gasteiger charge is -2.24. The summed E-state index contributed by atoms with van der Waals surface area (Å²) in [7, 11) is 0. The van der Waals surface area contributed by atoms with Gasteiger partial charge in [0.2, 0.25) is 0 Å². The van der Waals surface area contributed by atoms with Gasteiger partial charge in [0.1, 0.15) is 11.5 Å². The van der Waals surface area contributed by atoms with Gasteiger partial charge < -0.3 is 34.3 Å². The van der Waals surface area contributed by atoms with Crippen LogP contribution in [0.5, 0.6) is 34.5 Å². The van der Waals surface area contributed by atoms with Gasteiger partial charge in [0, 0.05) is 20.3 Å². The number of hydrogen-bond donors (Lipinski definition) is 3. The minimum Gasteiger partial charge on any atom is -0.508 e. The molecule has 0 radical (unpaired) electrons. The van der Waals surface area contributed by atoms with Crippen molar-refractivity contribution in [3.8, 4) is 56.8 Å². The molecule has 0 aromatic heterocycles. The first-order valence-corrected chi connectivity index (χ1v) is 14.3. The van der Waals surface area contributed by atoms with Gasteiger partial charge >= 0.3 is 23.9 Å². The van der Waals surface area contributed by atoms with Gasteiger partial charge in [0.05, 0.1) is 23.7 Å². The molecule has 0 aliphatic heterocycles. The highest BCUT2D eigenvalue weighted by Gasteiger charge is 2.34. The Morgan fingerprint density at radius 2 is 1.02 bits per heavy atom. The molecule has 0 saturated heterocycles. The summed E-state index contributed by atoms with van der Waals surface area (Å²) in [5.74, 6) is -5.02. The minimum absolute atomic E-state index is 0.108. The number of aliphatic hydroxyl groups excluding tert-OH is 1. The van der Waals surface area contributed by atoms with Crippen LogP contribution in [0.15, 0.2) is 78.9 Å². The van der Waals surface area contributed by atoms with Crippen LogP contribution in [-0.2, 0) is 25.6 Å². The number of rotatable bonds is 11. The van der Waals surface area contributed by atoms with Crippen molar-refractivity contribution in [3.05, 3.63) is 84.4 Å². The fourth-order valence-electron chi connectivity index (χ4n) is 4.57. The van der Waals surface area contributed by atoms with E-state index >= 15 is 0 Å². The third-order valence-electron chi connectivity index (χ3n) is 6.48. The zero-order valence-electron chi connectivity index (χ0n) is 25.3. The predicted molar refractivity (Wildman–Crippen MR) is 166 cm³/mol. The van der Waals surface area contributed by atoms with Crippen LogP contribution in [0.1, 0.15) is 39.2 Å². The van der Waals surface area contributed by atoms with Crippen molar-refractivity contribution in [1.29, 1.82) is 0 Å². The number of benzene rings is 4. The van der Waals surface area contributed by atoms with Crippen LogP contribution in [0.2, 0.25) is 0 Å². The highest BCUT2D eigenvalue weighted by Crippen LogP contribution is 2.57. The molecule has 0 aliphatic carbocycles. The van der Waals surface area contributed by atoms with Crippen molar-refractivity contribution in [2.75, 3.05) is 0 Å². The lowest BCUT2D eigenvalue weighted by Crippen LogP contribution is -2.19. The van der Waals surface area contributed by atoms with Crippen molar-refractivity contribution in [2.45, 2.75) is 46.1 Å². The normalized spacial score (nSPS) is 11.3. The highest BCUT2D eigenvalue weighted by molar-refractivity contribution is 5.98. The summed E-state index contributed by atoms with van der Waals surface area (Å²) in [5, 5.41) is 29.9. The molecule has 1 atom stereocenters. The van der Waals surface area contributed by atoms with E-state index in [1.807, 2.05) is 30.3 Å². The van der Waals surface area contributed by atoms with E-state index in [1.54, 1.807) is 0 Å². The molecule has 0 amide bonds. The fraction of sp³-hybridized carbons (Fsp3) is 0.200. The van der Waals surface area contributed by atoms with Crippen LogP contribution < -0.4 is 18.9 Å². The zero-order chi connectivity index (χ0) is 33.4. The molecule has 4 rings (SSSR count). The second kappa shape index (κ2) is 14.9. The van der Waals surface area contributed by atoms with Crippen molar-refractivity contribution >= 4 is 23.9 Å². The third kappa shape index (κ3) is 8.48. The lowest BCUT2D eigenvalue weighted by molar-refractivity contribution is -0.138. The van der Waals surface area contributed by atoms with Crippen LogP contribution in [-0.4, -0.2) is 45.3 Å². The number of phenols is 2. The van der Waals surface area contributed by atoms with E-state index in [9.17, 15) is 34.5 Å². The molecule has 4 aromatic carbocycles. The van der Waals surface area contributed by atoms with Crippen LogP contribution >= 0.6 is 0 Å². The molecule has 11 heteroatoms. The van der Waals surface area contributed by atoms with E-state index in [0.717, 1.165) is 19.4 Å². The molecular formula is C35H32O11. The molecule has 0 spiro atoms. The number of ether oxygens (including phenoxy) is 4. The summed E-state index contributed by atoms with van der Waals surface area (Å²) < 4.78 is 23.0. The molecule has 11 nitrogen and oxygen atoms in total. The Morgan fingerprint density at radius 1 is 0.609 bits per heavy atom. The predicted octanol–water partition coefficient (Wildman–Crippen LogP) is 5.50.